The number of likely N-dealkylation sites (tertiary alicyclic amines) is 1. The molecule has 0 spiro atoms. The van der Waals surface area contributed by atoms with Crippen molar-refractivity contribution in [3.63, 3.8) is 0 Å². The Bertz CT molecular complexity index is 806. The molecule has 1 N–H and O–H groups in total. The topological polar surface area (TPSA) is 49.8 Å². The van der Waals surface area contributed by atoms with Gasteiger partial charge in [-0.25, -0.2) is 0 Å². The monoisotopic (exact) mass is 365 g/mol. The summed E-state index contributed by atoms with van der Waals surface area (Å²) in [6, 6.07) is 17.2. The van der Waals surface area contributed by atoms with Crippen LogP contribution in [0.1, 0.15) is 54.1 Å². The van der Waals surface area contributed by atoms with E-state index < -0.39 is 5.60 Å². The minimum absolute atomic E-state index is 0.0270. The molecule has 4 heteroatoms. The van der Waals surface area contributed by atoms with E-state index in [1.54, 1.807) is 7.11 Å². The number of para-hydroxylation sites is 1. The van der Waals surface area contributed by atoms with Crippen molar-refractivity contribution in [1.29, 1.82) is 0 Å². The fourth-order valence-electron chi connectivity index (χ4n) is 4.95. The van der Waals surface area contributed by atoms with Crippen LogP contribution in [-0.2, 0) is 0 Å². The standard InChI is InChI=1S/C23H27NO3/c1-27-20-13-6-5-11-18(20)21-19-12-7-8-14-23(19,26)15-16-24(21)22(25)17-9-3-2-4-10-17/h2-6,9-11,13,19,21,26H,7-8,12,14-16H2,1H3/t19-,21-,23+/m0/s1. The normalized spacial score (nSPS) is 27.7. The molecule has 1 aliphatic heterocycles. The number of carbonyl (C=O) groups is 1. The Morgan fingerprint density at radius 2 is 1.81 bits per heavy atom. The zero-order valence-corrected chi connectivity index (χ0v) is 15.8. The molecule has 1 aliphatic carbocycles. The van der Waals surface area contributed by atoms with Crippen LogP contribution in [0.4, 0.5) is 0 Å². The molecule has 4 nitrogen and oxygen atoms in total. The van der Waals surface area contributed by atoms with Crippen molar-refractivity contribution in [3.05, 3.63) is 65.7 Å². The predicted molar refractivity (Wildman–Crippen MR) is 105 cm³/mol. The first-order valence-corrected chi connectivity index (χ1v) is 9.85. The number of amides is 1. The van der Waals surface area contributed by atoms with Crippen LogP contribution in [0.5, 0.6) is 5.75 Å². The van der Waals surface area contributed by atoms with Crippen molar-refractivity contribution >= 4 is 5.91 Å². The number of fused-ring (bicyclic) bond motifs is 1. The minimum Gasteiger partial charge on any atom is -0.496 e. The van der Waals surface area contributed by atoms with Gasteiger partial charge in [0.05, 0.1) is 18.8 Å². The van der Waals surface area contributed by atoms with Crippen LogP contribution in [0.15, 0.2) is 54.6 Å². The van der Waals surface area contributed by atoms with Gasteiger partial charge in [0.25, 0.3) is 5.91 Å². The van der Waals surface area contributed by atoms with Crippen molar-refractivity contribution in [2.45, 2.75) is 43.7 Å². The van der Waals surface area contributed by atoms with Gasteiger partial charge in [-0.2, -0.15) is 0 Å². The second-order valence-corrected chi connectivity index (χ2v) is 7.76. The number of carbonyl (C=O) groups excluding carboxylic acids is 1. The van der Waals surface area contributed by atoms with Crippen molar-refractivity contribution in [2.75, 3.05) is 13.7 Å². The summed E-state index contributed by atoms with van der Waals surface area (Å²) in [7, 11) is 1.66. The van der Waals surface area contributed by atoms with Gasteiger partial charge in [-0.3, -0.25) is 4.79 Å². The van der Waals surface area contributed by atoms with E-state index in [1.807, 2.05) is 59.5 Å². The first-order valence-electron chi connectivity index (χ1n) is 9.85. The second-order valence-electron chi connectivity index (χ2n) is 7.76. The molecule has 2 aromatic rings. The Morgan fingerprint density at radius 1 is 1.07 bits per heavy atom. The number of benzene rings is 2. The first kappa shape index (κ1) is 18.1. The van der Waals surface area contributed by atoms with E-state index in [0.29, 0.717) is 18.5 Å². The molecule has 0 aromatic heterocycles. The third-order valence-corrected chi connectivity index (χ3v) is 6.31. The Balaban J connectivity index is 1.79. The van der Waals surface area contributed by atoms with Gasteiger partial charge in [0.15, 0.2) is 0 Å². The van der Waals surface area contributed by atoms with E-state index in [9.17, 15) is 9.90 Å². The Kier molecular flexibility index (Phi) is 4.92. The summed E-state index contributed by atoms with van der Waals surface area (Å²) >= 11 is 0. The van der Waals surface area contributed by atoms with Gasteiger partial charge in [0.1, 0.15) is 5.75 Å². The highest BCUT2D eigenvalue weighted by Gasteiger charge is 2.50. The maximum atomic E-state index is 13.4. The number of rotatable bonds is 3. The van der Waals surface area contributed by atoms with Crippen molar-refractivity contribution in [3.8, 4) is 5.75 Å². The molecule has 4 rings (SSSR count). The second kappa shape index (κ2) is 7.35. The van der Waals surface area contributed by atoms with E-state index in [4.69, 9.17) is 4.74 Å². The average Bonchev–Trinajstić information content (AvgIpc) is 2.72. The number of hydrogen-bond acceptors (Lipinski definition) is 3. The van der Waals surface area contributed by atoms with Crippen LogP contribution in [0.2, 0.25) is 0 Å². The fourth-order valence-corrected chi connectivity index (χ4v) is 4.95. The summed E-state index contributed by atoms with van der Waals surface area (Å²) in [5.74, 6) is 0.839. The smallest absolute Gasteiger partial charge is 0.254 e. The SMILES string of the molecule is COc1ccccc1[C@H]1[C@@H]2CCCC[C@@]2(O)CCN1C(=O)c1ccccc1. The quantitative estimate of drug-likeness (QED) is 0.887. The fraction of sp³-hybridized carbons (Fsp3) is 0.435. The molecule has 2 fully saturated rings. The van der Waals surface area contributed by atoms with Crippen LogP contribution in [0.25, 0.3) is 0 Å². The van der Waals surface area contributed by atoms with Gasteiger partial charge >= 0.3 is 0 Å². The van der Waals surface area contributed by atoms with Gasteiger partial charge in [0.2, 0.25) is 0 Å². The summed E-state index contributed by atoms with van der Waals surface area (Å²) in [6.45, 7) is 0.559. The lowest BCUT2D eigenvalue weighted by Crippen LogP contribution is -2.56. The van der Waals surface area contributed by atoms with Crippen molar-refractivity contribution in [2.24, 2.45) is 5.92 Å². The van der Waals surface area contributed by atoms with E-state index in [1.165, 1.54) is 0 Å². The maximum Gasteiger partial charge on any atom is 0.254 e. The lowest BCUT2D eigenvalue weighted by Gasteiger charge is -2.52. The van der Waals surface area contributed by atoms with Gasteiger partial charge < -0.3 is 14.7 Å². The molecule has 1 saturated carbocycles. The van der Waals surface area contributed by atoms with E-state index >= 15 is 0 Å². The number of piperidine rings is 1. The molecule has 0 radical (unpaired) electrons. The summed E-state index contributed by atoms with van der Waals surface area (Å²) in [5.41, 5.74) is 0.991. The molecule has 0 unspecified atom stereocenters. The van der Waals surface area contributed by atoms with Gasteiger partial charge in [-0.1, -0.05) is 49.2 Å². The van der Waals surface area contributed by atoms with Crippen molar-refractivity contribution < 1.29 is 14.6 Å². The molecule has 1 saturated heterocycles. The summed E-state index contributed by atoms with van der Waals surface area (Å²) in [6.07, 6.45) is 4.53. The predicted octanol–water partition coefficient (Wildman–Crippen LogP) is 4.20. The minimum atomic E-state index is -0.697. The number of nitrogens with zero attached hydrogens (tertiary/aromatic N) is 1. The molecular weight excluding hydrogens is 338 g/mol. The molecule has 2 aliphatic rings. The molecule has 142 valence electrons. The van der Waals surface area contributed by atoms with Crippen LogP contribution in [-0.4, -0.2) is 35.2 Å². The Hall–Kier alpha value is -2.33. The molecule has 0 bridgehead atoms. The van der Waals surface area contributed by atoms with E-state index in [2.05, 4.69) is 0 Å². The first-order chi connectivity index (χ1) is 13.1. The lowest BCUT2D eigenvalue weighted by atomic mass is 9.66. The largest absolute Gasteiger partial charge is 0.496 e. The molecule has 27 heavy (non-hydrogen) atoms. The third kappa shape index (κ3) is 3.23. The number of methoxy groups -OCH3 is 1. The number of aliphatic hydroxyl groups is 1. The highest BCUT2D eigenvalue weighted by Crippen LogP contribution is 2.51. The lowest BCUT2D eigenvalue weighted by molar-refractivity contribution is -0.115. The zero-order valence-electron chi connectivity index (χ0n) is 15.8. The highest BCUT2D eigenvalue weighted by atomic mass is 16.5. The van der Waals surface area contributed by atoms with Crippen molar-refractivity contribution in [1.82, 2.24) is 4.90 Å². The van der Waals surface area contributed by atoms with E-state index in [0.717, 1.165) is 37.0 Å². The summed E-state index contributed by atoms with van der Waals surface area (Å²) < 4.78 is 5.63. The van der Waals surface area contributed by atoms with Gasteiger partial charge in [-0.05, 0) is 37.5 Å². The molecule has 1 heterocycles. The van der Waals surface area contributed by atoms with E-state index in [-0.39, 0.29) is 17.9 Å². The average molecular weight is 365 g/mol. The highest BCUT2D eigenvalue weighted by molar-refractivity contribution is 5.94. The number of ether oxygens (including phenoxy) is 1. The maximum absolute atomic E-state index is 13.4. The summed E-state index contributed by atoms with van der Waals surface area (Å²) in [5, 5.41) is 11.4. The van der Waals surface area contributed by atoms with Crippen LogP contribution in [0, 0.1) is 5.92 Å². The third-order valence-electron chi connectivity index (χ3n) is 6.31. The molecule has 3 atom stereocenters. The summed E-state index contributed by atoms with van der Waals surface area (Å²) in [4.78, 5) is 15.3. The Morgan fingerprint density at radius 3 is 2.59 bits per heavy atom. The van der Waals surface area contributed by atoms with Crippen LogP contribution < -0.4 is 4.74 Å². The molecule has 1 amide bonds. The van der Waals surface area contributed by atoms with Crippen LogP contribution >= 0.6 is 0 Å². The molecular formula is C23H27NO3. The molecule has 2 aromatic carbocycles. The number of hydrogen-bond donors (Lipinski definition) is 1. The Labute approximate surface area is 160 Å². The zero-order chi connectivity index (χ0) is 18.9. The van der Waals surface area contributed by atoms with Gasteiger partial charge in [0, 0.05) is 23.6 Å². The van der Waals surface area contributed by atoms with Gasteiger partial charge in [-0.15, -0.1) is 0 Å². The van der Waals surface area contributed by atoms with Crippen LogP contribution in [0.3, 0.4) is 0 Å².